The summed E-state index contributed by atoms with van der Waals surface area (Å²) >= 11 is 5.16. The van der Waals surface area contributed by atoms with Crippen LogP contribution in [-0.4, -0.2) is 37.2 Å². The maximum atomic E-state index is 12.7. The molecular weight excluding hydrogens is 360 g/mol. The fourth-order valence-electron chi connectivity index (χ4n) is 2.81. The molecule has 5 nitrogen and oxygen atoms in total. The highest BCUT2D eigenvalue weighted by atomic mass is 32.1. The second-order valence-electron chi connectivity index (χ2n) is 5.79. The van der Waals surface area contributed by atoms with Gasteiger partial charge in [-0.2, -0.15) is 13.9 Å². The van der Waals surface area contributed by atoms with Gasteiger partial charge in [0, 0.05) is 18.7 Å². The summed E-state index contributed by atoms with van der Waals surface area (Å²) in [7, 11) is 0. The predicted molar refractivity (Wildman–Crippen MR) is 101 cm³/mol. The van der Waals surface area contributed by atoms with Gasteiger partial charge in [-0.15, -0.1) is 0 Å². The van der Waals surface area contributed by atoms with E-state index in [9.17, 15) is 8.78 Å². The largest absolute Gasteiger partial charge is 0.434 e. The minimum absolute atomic E-state index is 0.0579. The molecule has 2 aromatic carbocycles. The Morgan fingerprint density at radius 1 is 1.35 bits per heavy atom. The van der Waals surface area contributed by atoms with Crippen LogP contribution in [0.5, 0.6) is 5.75 Å². The molecule has 0 radical (unpaired) electrons. The zero-order valence-corrected chi connectivity index (χ0v) is 14.8. The van der Waals surface area contributed by atoms with E-state index in [1.807, 2.05) is 24.3 Å². The number of halogens is 2. The lowest BCUT2D eigenvalue weighted by molar-refractivity contribution is -0.0498. The first-order valence-electron chi connectivity index (χ1n) is 8.28. The molecule has 2 aromatic rings. The van der Waals surface area contributed by atoms with Crippen molar-refractivity contribution < 1.29 is 18.3 Å². The van der Waals surface area contributed by atoms with Crippen molar-refractivity contribution in [1.29, 1.82) is 0 Å². The van der Waals surface area contributed by atoms with Crippen LogP contribution in [0.1, 0.15) is 18.4 Å². The van der Waals surface area contributed by atoms with Crippen LogP contribution < -0.4 is 15.5 Å². The number of alkyl halides is 2. The van der Waals surface area contributed by atoms with Gasteiger partial charge in [0.15, 0.2) is 5.11 Å². The molecule has 1 fully saturated rings. The number of rotatable bonds is 6. The van der Waals surface area contributed by atoms with Gasteiger partial charge in [-0.3, -0.25) is 5.43 Å². The molecule has 0 amide bonds. The molecule has 1 atom stereocenters. The highest BCUT2D eigenvalue weighted by molar-refractivity contribution is 7.80. The summed E-state index contributed by atoms with van der Waals surface area (Å²) in [5.41, 5.74) is 3.15. The molecule has 3 rings (SSSR count). The van der Waals surface area contributed by atoms with Gasteiger partial charge >= 0.3 is 6.61 Å². The van der Waals surface area contributed by atoms with Gasteiger partial charge in [0.1, 0.15) is 5.75 Å². The maximum absolute atomic E-state index is 12.7. The number of fused-ring (bicyclic) bond motifs is 1. The van der Waals surface area contributed by atoms with Crippen molar-refractivity contribution in [2.75, 3.05) is 13.2 Å². The lowest BCUT2D eigenvalue weighted by Gasteiger charge is -2.12. The molecule has 1 saturated heterocycles. The van der Waals surface area contributed by atoms with Crippen molar-refractivity contribution in [2.24, 2.45) is 5.10 Å². The molecule has 0 saturated carbocycles. The molecule has 0 spiro atoms. The number of hydrogen-bond acceptors (Lipinski definition) is 4. The summed E-state index contributed by atoms with van der Waals surface area (Å²) in [6.07, 6.45) is 3.64. The molecule has 138 valence electrons. The van der Waals surface area contributed by atoms with Gasteiger partial charge in [0.25, 0.3) is 0 Å². The molecule has 0 unspecified atom stereocenters. The average Bonchev–Trinajstić information content (AvgIpc) is 3.14. The molecule has 0 bridgehead atoms. The molecule has 0 aromatic heterocycles. The summed E-state index contributed by atoms with van der Waals surface area (Å²) in [4.78, 5) is 0. The second-order valence-corrected chi connectivity index (χ2v) is 6.20. The van der Waals surface area contributed by atoms with Crippen LogP contribution in [0, 0.1) is 0 Å². The Morgan fingerprint density at radius 3 is 2.96 bits per heavy atom. The minimum Gasteiger partial charge on any atom is -0.434 e. The lowest BCUT2D eigenvalue weighted by atomic mass is 10.0. The Morgan fingerprint density at radius 2 is 2.19 bits per heavy atom. The van der Waals surface area contributed by atoms with E-state index in [1.54, 1.807) is 6.07 Å². The topological polar surface area (TPSA) is 54.9 Å². The van der Waals surface area contributed by atoms with Gasteiger partial charge in [-0.1, -0.05) is 30.3 Å². The smallest absolute Gasteiger partial charge is 0.387 e. The Hall–Kier alpha value is -2.32. The third-order valence-corrected chi connectivity index (χ3v) is 4.26. The molecule has 1 aliphatic heterocycles. The fraction of sp³-hybridized carbons (Fsp3) is 0.333. The molecular formula is C18H19F2N3O2S. The van der Waals surface area contributed by atoms with E-state index < -0.39 is 6.61 Å². The highest BCUT2D eigenvalue weighted by Crippen LogP contribution is 2.27. The van der Waals surface area contributed by atoms with Crippen molar-refractivity contribution in [3.8, 4) is 5.75 Å². The quantitative estimate of drug-likeness (QED) is 0.458. The van der Waals surface area contributed by atoms with Crippen LogP contribution in [0.2, 0.25) is 0 Å². The SMILES string of the molecule is FC(F)Oc1ccc2ccccc2c1/C=N\NC(=S)NC[C@@H]1CCCO1. The summed E-state index contributed by atoms with van der Waals surface area (Å²) < 4.78 is 35.5. The van der Waals surface area contributed by atoms with Crippen LogP contribution in [0.4, 0.5) is 8.78 Å². The summed E-state index contributed by atoms with van der Waals surface area (Å²) in [5.74, 6) is 0.0579. The van der Waals surface area contributed by atoms with Crippen LogP contribution in [0.3, 0.4) is 0 Å². The monoisotopic (exact) mass is 379 g/mol. The van der Waals surface area contributed by atoms with E-state index in [4.69, 9.17) is 17.0 Å². The van der Waals surface area contributed by atoms with E-state index in [0.29, 0.717) is 17.2 Å². The standard InChI is InChI=1S/C18H19F2N3O2S/c19-17(20)25-16-8-7-12-4-1-2-6-14(12)15(16)11-22-23-18(26)21-10-13-5-3-9-24-13/h1-2,4,6-8,11,13,17H,3,5,9-10H2,(H2,21,23,26)/b22-11-/t13-/m0/s1. The highest BCUT2D eigenvalue weighted by Gasteiger charge is 2.15. The second kappa shape index (κ2) is 8.86. The first-order chi connectivity index (χ1) is 12.6. The minimum atomic E-state index is -2.91. The van der Waals surface area contributed by atoms with Crippen molar-refractivity contribution in [1.82, 2.24) is 10.7 Å². The Kier molecular flexibility index (Phi) is 6.30. The Bertz CT molecular complexity index is 795. The normalized spacial score (nSPS) is 17.1. The number of ether oxygens (including phenoxy) is 2. The maximum Gasteiger partial charge on any atom is 0.387 e. The number of nitrogens with zero attached hydrogens (tertiary/aromatic N) is 1. The third kappa shape index (κ3) is 4.86. The Labute approximate surface area is 155 Å². The summed E-state index contributed by atoms with van der Waals surface area (Å²) in [6.45, 7) is -1.53. The lowest BCUT2D eigenvalue weighted by Crippen LogP contribution is -2.37. The fourth-order valence-corrected chi connectivity index (χ4v) is 2.95. The van der Waals surface area contributed by atoms with Crippen molar-refractivity contribution in [2.45, 2.75) is 25.6 Å². The first kappa shape index (κ1) is 18.5. The first-order valence-corrected chi connectivity index (χ1v) is 8.69. The van der Waals surface area contributed by atoms with Crippen LogP contribution >= 0.6 is 12.2 Å². The third-order valence-electron chi connectivity index (χ3n) is 4.02. The number of benzene rings is 2. The van der Waals surface area contributed by atoms with Gasteiger partial charge in [-0.05, 0) is 41.9 Å². The molecule has 0 aliphatic carbocycles. The Balaban J connectivity index is 1.69. The number of thiocarbonyl (C=S) groups is 1. The van der Waals surface area contributed by atoms with E-state index >= 15 is 0 Å². The van der Waals surface area contributed by atoms with Gasteiger partial charge in [-0.25, -0.2) is 0 Å². The van der Waals surface area contributed by atoms with Gasteiger partial charge in [0.05, 0.1) is 12.3 Å². The molecule has 26 heavy (non-hydrogen) atoms. The molecule has 1 heterocycles. The zero-order valence-electron chi connectivity index (χ0n) is 14.0. The van der Waals surface area contributed by atoms with Crippen molar-refractivity contribution in [3.63, 3.8) is 0 Å². The molecule has 8 heteroatoms. The van der Waals surface area contributed by atoms with Crippen LogP contribution in [0.25, 0.3) is 10.8 Å². The van der Waals surface area contributed by atoms with E-state index in [1.165, 1.54) is 12.3 Å². The van der Waals surface area contributed by atoms with Gasteiger partial charge in [0.2, 0.25) is 0 Å². The van der Waals surface area contributed by atoms with E-state index in [2.05, 4.69) is 20.6 Å². The van der Waals surface area contributed by atoms with Gasteiger partial charge < -0.3 is 14.8 Å². The number of hydrazone groups is 1. The number of hydrogen-bond donors (Lipinski definition) is 2. The van der Waals surface area contributed by atoms with Crippen LogP contribution in [0.15, 0.2) is 41.5 Å². The summed E-state index contributed by atoms with van der Waals surface area (Å²) in [6, 6.07) is 10.6. The number of nitrogens with one attached hydrogen (secondary N) is 2. The predicted octanol–water partition coefficient (Wildman–Crippen LogP) is 3.42. The van der Waals surface area contributed by atoms with Crippen molar-refractivity contribution >= 4 is 34.3 Å². The van der Waals surface area contributed by atoms with Crippen LogP contribution in [-0.2, 0) is 4.74 Å². The summed E-state index contributed by atoms with van der Waals surface area (Å²) in [5, 5.41) is 9.08. The molecule has 1 aliphatic rings. The molecule has 2 N–H and O–H groups in total. The van der Waals surface area contributed by atoms with Crippen molar-refractivity contribution in [3.05, 3.63) is 42.0 Å². The average molecular weight is 379 g/mol. The van der Waals surface area contributed by atoms with E-state index in [-0.39, 0.29) is 11.9 Å². The van der Waals surface area contributed by atoms with E-state index in [0.717, 1.165) is 30.2 Å². The zero-order chi connectivity index (χ0) is 18.4.